The van der Waals surface area contributed by atoms with Crippen molar-refractivity contribution in [2.24, 2.45) is 7.05 Å². The molecule has 2 fully saturated rings. The largest absolute Gasteiger partial charge is 0.492 e. The van der Waals surface area contributed by atoms with Gasteiger partial charge in [0, 0.05) is 68.4 Å². The first-order valence-electron chi connectivity index (χ1n) is 15.1. The number of hydrogen-bond donors (Lipinski definition) is 2. The molecule has 2 saturated carbocycles. The Morgan fingerprint density at radius 2 is 1.98 bits per heavy atom. The molecular weight excluding hydrogens is 542 g/mol. The van der Waals surface area contributed by atoms with Crippen LogP contribution < -0.4 is 20.9 Å². The number of benzene rings is 2. The van der Waals surface area contributed by atoms with E-state index < -0.39 is 5.54 Å². The molecule has 10 nitrogen and oxygen atoms in total. The third kappa shape index (κ3) is 5.54. The van der Waals surface area contributed by atoms with Gasteiger partial charge in [0.1, 0.15) is 12.4 Å². The molecule has 0 bridgehead atoms. The fraction of sp³-hybridized carbons (Fsp3) is 0.394. The molecule has 0 atom stereocenters. The molecule has 7 rings (SSSR count). The van der Waals surface area contributed by atoms with Crippen molar-refractivity contribution in [3.05, 3.63) is 99.6 Å². The van der Waals surface area contributed by atoms with E-state index in [1.54, 1.807) is 29.1 Å². The number of rotatable bonds is 10. The highest BCUT2D eigenvalue weighted by atomic mass is 16.5. The van der Waals surface area contributed by atoms with E-state index in [0.717, 1.165) is 74.3 Å². The molecule has 0 spiro atoms. The van der Waals surface area contributed by atoms with Crippen molar-refractivity contribution in [2.75, 3.05) is 25.0 Å². The number of hydrogen-bond acceptors (Lipinski definition) is 7. The molecule has 1 aliphatic heterocycles. The minimum Gasteiger partial charge on any atom is -0.492 e. The van der Waals surface area contributed by atoms with Crippen LogP contribution in [0.5, 0.6) is 5.75 Å². The molecule has 2 aromatic heterocycles. The number of fused-ring (bicyclic) bond motifs is 1. The van der Waals surface area contributed by atoms with E-state index in [4.69, 9.17) is 4.74 Å². The van der Waals surface area contributed by atoms with Crippen molar-refractivity contribution < 1.29 is 9.53 Å². The molecule has 0 unspecified atom stereocenters. The summed E-state index contributed by atoms with van der Waals surface area (Å²) in [7, 11) is 2.05. The highest BCUT2D eigenvalue weighted by Gasteiger charge is 2.47. The van der Waals surface area contributed by atoms with Crippen molar-refractivity contribution in [1.82, 2.24) is 29.3 Å². The van der Waals surface area contributed by atoms with Gasteiger partial charge in [-0.05, 0) is 56.4 Å². The topological polar surface area (TPSA) is 106 Å². The second kappa shape index (κ2) is 11.0. The zero-order valence-electron chi connectivity index (χ0n) is 24.7. The molecule has 3 aliphatic rings. The zero-order valence-corrected chi connectivity index (χ0v) is 24.7. The van der Waals surface area contributed by atoms with Gasteiger partial charge in [0.05, 0.1) is 23.2 Å². The van der Waals surface area contributed by atoms with Gasteiger partial charge in [-0.15, -0.1) is 0 Å². The van der Waals surface area contributed by atoms with Crippen LogP contribution in [0.15, 0.2) is 66.0 Å². The van der Waals surface area contributed by atoms with Crippen LogP contribution in [0.2, 0.25) is 0 Å². The monoisotopic (exact) mass is 579 g/mol. The molecule has 0 radical (unpaired) electrons. The molecule has 2 N–H and O–H groups in total. The summed E-state index contributed by atoms with van der Waals surface area (Å²) in [5, 5.41) is 6.51. The SMILES string of the molecule is Cc1ccc(C(=O)NC2CC2)cc1-n1ccnc(NC2(c3ccccc3OCCN3CCc4c(ncn4C)C3)CC2)c1=O. The van der Waals surface area contributed by atoms with E-state index in [-0.39, 0.29) is 23.3 Å². The van der Waals surface area contributed by atoms with Crippen molar-refractivity contribution >= 4 is 11.7 Å². The number of aryl methyl sites for hydroxylation is 2. The van der Waals surface area contributed by atoms with Crippen molar-refractivity contribution in [2.45, 2.75) is 57.2 Å². The average Bonchev–Trinajstić information content (AvgIpc) is 3.95. The van der Waals surface area contributed by atoms with E-state index in [1.165, 1.54) is 5.69 Å². The number of aromatic nitrogens is 4. The summed E-state index contributed by atoms with van der Waals surface area (Å²) < 4.78 is 10.0. The molecule has 2 aromatic carbocycles. The van der Waals surface area contributed by atoms with Crippen LogP contribution >= 0.6 is 0 Å². The Morgan fingerprint density at radius 1 is 1.14 bits per heavy atom. The second-order valence-electron chi connectivity index (χ2n) is 12.0. The Kier molecular flexibility index (Phi) is 7.01. The molecule has 3 heterocycles. The van der Waals surface area contributed by atoms with E-state index in [9.17, 15) is 9.59 Å². The Labute approximate surface area is 250 Å². The predicted molar refractivity (Wildman–Crippen MR) is 164 cm³/mol. The lowest BCUT2D eigenvalue weighted by Gasteiger charge is -2.27. The molecule has 222 valence electrons. The smallest absolute Gasteiger partial charge is 0.297 e. The maximum absolute atomic E-state index is 13.7. The number of anilines is 1. The third-order valence-corrected chi connectivity index (χ3v) is 8.84. The van der Waals surface area contributed by atoms with E-state index in [0.29, 0.717) is 17.9 Å². The highest BCUT2D eigenvalue weighted by Crippen LogP contribution is 2.50. The molecule has 2 aliphatic carbocycles. The van der Waals surface area contributed by atoms with Gasteiger partial charge in [-0.25, -0.2) is 9.97 Å². The van der Waals surface area contributed by atoms with Gasteiger partial charge < -0.3 is 19.9 Å². The van der Waals surface area contributed by atoms with E-state index in [1.807, 2.05) is 37.5 Å². The van der Waals surface area contributed by atoms with E-state index in [2.05, 4.69) is 43.2 Å². The molecule has 0 saturated heterocycles. The van der Waals surface area contributed by atoms with Gasteiger partial charge in [0.2, 0.25) is 0 Å². The summed E-state index contributed by atoms with van der Waals surface area (Å²) in [4.78, 5) is 37.8. The number of imidazole rings is 1. The van der Waals surface area contributed by atoms with Gasteiger partial charge in [-0.1, -0.05) is 24.3 Å². The first-order valence-corrected chi connectivity index (χ1v) is 15.1. The summed E-state index contributed by atoms with van der Waals surface area (Å²) in [6.45, 7) is 5.14. The lowest BCUT2D eigenvalue weighted by molar-refractivity contribution is 0.0951. The summed E-state index contributed by atoms with van der Waals surface area (Å²) in [6.07, 6.45) is 9.95. The highest BCUT2D eigenvalue weighted by molar-refractivity contribution is 5.95. The predicted octanol–water partition coefficient (Wildman–Crippen LogP) is 3.70. The molecule has 10 heteroatoms. The van der Waals surface area contributed by atoms with Crippen LogP contribution in [0.4, 0.5) is 5.82 Å². The summed E-state index contributed by atoms with van der Waals surface area (Å²) >= 11 is 0. The summed E-state index contributed by atoms with van der Waals surface area (Å²) in [6, 6.07) is 13.8. The number of carbonyl (C=O) groups excluding carboxylic acids is 1. The van der Waals surface area contributed by atoms with Gasteiger partial charge >= 0.3 is 0 Å². The van der Waals surface area contributed by atoms with Crippen LogP contribution in [0.1, 0.15) is 58.6 Å². The Hall–Kier alpha value is -4.44. The fourth-order valence-corrected chi connectivity index (χ4v) is 5.98. The molecular formula is C33H37N7O3. The lowest BCUT2D eigenvalue weighted by Crippen LogP contribution is -2.34. The minimum absolute atomic E-state index is 0.112. The van der Waals surface area contributed by atoms with Crippen LogP contribution in [-0.2, 0) is 25.6 Å². The van der Waals surface area contributed by atoms with Crippen LogP contribution in [0.3, 0.4) is 0 Å². The standard InChI is InChI=1S/C33H37N7O3/c1-22-7-8-23(31(41)36-24-9-10-24)19-28(22)40-16-14-34-30(32(40)42)37-33(12-13-33)25-5-3-4-6-29(25)43-18-17-39-15-11-27-26(20-39)35-21-38(27)2/h3-8,14,16,19,21,24H,9-13,15,17-18,20H2,1-2H3,(H,34,37)(H,36,41). The number of carbonyl (C=O) groups is 1. The fourth-order valence-electron chi connectivity index (χ4n) is 5.98. The maximum Gasteiger partial charge on any atom is 0.297 e. The van der Waals surface area contributed by atoms with Crippen molar-refractivity contribution in [3.63, 3.8) is 0 Å². The van der Waals surface area contributed by atoms with Gasteiger partial charge in [-0.3, -0.25) is 19.1 Å². The number of nitrogens with one attached hydrogen (secondary N) is 2. The number of amides is 1. The molecule has 4 aromatic rings. The Morgan fingerprint density at radius 3 is 2.79 bits per heavy atom. The third-order valence-electron chi connectivity index (χ3n) is 8.84. The van der Waals surface area contributed by atoms with Gasteiger partial charge in [0.15, 0.2) is 5.82 Å². The maximum atomic E-state index is 13.7. The second-order valence-corrected chi connectivity index (χ2v) is 12.0. The zero-order chi connectivity index (χ0) is 29.6. The average molecular weight is 580 g/mol. The molecule has 1 amide bonds. The van der Waals surface area contributed by atoms with Gasteiger partial charge in [0.25, 0.3) is 11.5 Å². The van der Waals surface area contributed by atoms with E-state index >= 15 is 0 Å². The Balaban J connectivity index is 1.07. The van der Waals surface area contributed by atoms with Crippen molar-refractivity contribution in [3.8, 4) is 11.4 Å². The first kappa shape index (κ1) is 27.4. The summed E-state index contributed by atoms with van der Waals surface area (Å²) in [5.41, 5.74) is 4.94. The van der Waals surface area contributed by atoms with Gasteiger partial charge in [-0.2, -0.15) is 0 Å². The van der Waals surface area contributed by atoms with Crippen molar-refractivity contribution in [1.29, 1.82) is 0 Å². The van der Waals surface area contributed by atoms with Crippen LogP contribution in [-0.4, -0.2) is 55.6 Å². The first-order chi connectivity index (χ1) is 20.9. The molecule has 43 heavy (non-hydrogen) atoms. The number of nitrogens with zero attached hydrogens (tertiary/aromatic N) is 5. The Bertz CT molecular complexity index is 1730. The van der Waals surface area contributed by atoms with Crippen LogP contribution in [0, 0.1) is 6.92 Å². The quantitative estimate of drug-likeness (QED) is 0.295. The number of ether oxygens (including phenoxy) is 1. The number of para-hydroxylation sites is 1. The minimum atomic E-state index is -0.420. The lowest BCUT2D eigenvalue weighted by atomic mass is 10.0. The normalized spacial score (nSPS) is 17.3. The summed E-state index contributed by atoms with van der Waals surface area (Å²) in [5.74, 6) is 0.991. The van der Waals surface area contributed by atoms with Crippen LogP contribution in [0.25, 0.3) is 5.69 Å².